The summed E-state index contributed by atoms with van der Waals surface area (Å²) in [6.45, 7) is 5.90. The molecule has 1 aliphatic heterocycles. The molecule has 0 spiro atoms. The number of hydrogen-bond donors (Lipinski definition) is 2. The van der Waals surface area contributed by atoms with Crippen LogP contribution in [0, 0.1) is 12.3 Å². The minimum atomic E-state index is -0.543. The third kappa shape index (κ3) is 5.34. The van der Waals surface area contributed by atoms with Crippen molar-refractivity contribution >= 4 is 11.8 Å². The van der Waals surface area contributed by atoms with E-state index in [1.165, 1.54) is 0 Å². The molecule has 1 aliphatic rings. The van der Waals surface area contributed by atoms with Crippen molar-refractivity contribution in [1.29, 1.82) is 0 Å². The highest BCUT2D eigenvalue weighted by atomic mass is 16.2. The van der Waals surface area contributed by atoms with E-state index in [0.717, 1.165) is 38.8 Å². The Morgan fingerprint density at radius 1 is 1.19 bits per heavy atom. The van der Waals surface area contributed by atoms with Gasteiger partial charge in [-0.2, -0.15) is 0 Å². The van der Waals surface area contributed by atoms with Gasteiger partial charge in [-0.3, -0.25) is 14.5 Å². The van der Waals surface area contributed by atoms with E-state index in [1.807, 2.05) is 44.2 Å². The molecule has 0 aromatic heterocycles. The van der Waals surface area contributed by atoms with E-state index in [4.69, 9.17) is 6.42 Å². The highest BCUT2D eigenvalue weighted by Gasteiger charge is 2.27. The quantitative estimate of drug-likeness (QED) is 0.737. The number of carbonyl (C=O) groups is 2. The maximum Gasteiger partial charge on any atom is 0.251 e. The van der Waals surface area contributed by atoms with Gasteiger partial charge in [0.15, 0.2) is 0 Å². The van der Waals surface area contributed by atoms with Crippen molar-refractivity contribution in [3.05, 3.63) is 35.9 Å². The Balaban J connectivity index is 1.77. The molecule has 0 radical (unpaired) electrons. The van der Waals surface area contributed by atoms with Crippen LogP contribution in [0.2, 0.25) is 0 Å². The summed E-state index contributed by atoms with van der Waals surface area (Å²) in [4.78, 5) is 26.7. The number of carbonyl (C=O) groups excluding carboxylic acids is 2. The largest absolute Gasteiger partial charge is 0.349 e. The molecule has 0 saturated carbocycles. The molecule has 2 rings (SSSR count). The maximum atomic E-state index is 12.3. The fraction of sp³-hybridized carbons (Fsp3) is 0.524. The molecular weight excluding hydrogens is 326 g/mol. The number of piperidine rings is 1. The Bertz CT molecular complexity index is 639. The molecule has 2 N–H and O–H groups in total. The molecule has 1 fully saturated rings. The second-order valence-corrected chi connectivity index (χ2v) is 6.87. The second kappa shape index (κ2) is 9.40. The molecule has 5 heteroatoms. The highest BCUT2D eigenvalue weighted by molar-refractivity contribution is 5.94. The van der Waals surface area contributed by atoms with E-state index in [1.54, 1.807) is 0 Å². The van der Waals surface area contributed by atoms with Crippen molar-refractivity contribution in [1.82, 2.24) is 15.5 Å². The average Bonchev–Trinajstić information content (AvgIpc) is 2.68. The van der Waals surface area contributed by atoms with Crippen LogP contribution < -0.4 is 10.6 Å². The Hall–Kier alpha value is -2.32. The minimum absolute atomic E-state index is 0.0292. The van der Waals surface area contributed by atoms with Gasteiger partial charge in [0, 0.05) is 24.7 Å². The molecule has 1 heterocycles. The predicted octanol–water partition coefficient (Wildman–Crippen LogP) is 2.19. The Morgan fingerprint density at radius 2 is 1.81 bits per heavy atom. The molecule has 0 aliphatic carbocycles. The smallest absolute Gasteiger partial charge is 0.251 e. The lowest BCUT2D eigenvalue weighted by atomic mass is 9.94. The summed E-state index contributed by atoms with van der Waals surface area (Å²) in [6.07, 6.45) is 8.73. The molecule has 0 bridgehead atoms. The lowest BCUT2D eigenvalue weighted by molar-refractivity contribution is -0.124. The topological polar surface area (TPSA) is 61.4 Å². The molecular formula is C21H29N3O2. The number of likely N-dealkylation sites (tertiary alicyclic amines) is 1. The minimum Gasteiger partial charge on any atom is -0.349 e. The summed E-state index contributed by atoms with van der Waals surface area (Å²) < 4.78 is 0. The van der Waals surface area contributed by atoms with Gasteiger partial charge in [0.2, 0.25) is 5.91 Å². The summed E-state index contributed by atoms with van der Waals surface area (Å²) in [5, 5.41) is 6.09. The Morgan fingerprint density at radius 3 is 2.35 bits per heavy atom. The van der Waals surface area contributed by atoms with E-state index in [2.05, 4.69) is 21.5 Å². The molecule has 1 saturated heterocycles. The number of amides is 2. The Kier molecular flexibility index (Phi) is 7.23. The van der Waals surface area contributed by atoms with Crippen molar-refractivity contribution in [3.63, 3.8) is 0 Å². The van der Waals surface area contributed by atoms with Gasteiger partial charge in [0.1, 0.15) is 5.54 Å². The van der Waals surface area contributed by atoms with Crippen molar-refractivity contribution < 1.29 is 9.59 Å². The highest BCUT2D eigenvalue weighted by Crippen LogP contribution is 2.15. The van der Waals surface area contributed by atoms with Crippen LogP contribution >= 0.6 is 0 Å². The molecule has 1 aromatic rings. The standard InChI is InChI=1S/C21H29N3O2/c1-4-21(5-2,6-3)23-19(25)16-24-14-12-18(13-15-24)22-20(26)17-10-8-7-9-11-17/h1,7-11,18H,5-6,12-16H2,2-3H3,(H,22,26)(H,23,25). The van der Waals surface area contributed by atoms with E-state index in [0.29, 0.717) is 12.1 Å². The van der Waals surface area contributed by atoms with Crippen molar-refractivity contribution in [2.45, 2.75) is 51.1 Å². The van der Waals surface area contributed by atoms with Gasteiger partial charge in [0.05, 0.1) is 6.54 Å². The number of terminal acetylenes is 1. The van der Waals surface area contributed by atoms with Crippen LogP contribution in [0.1, 0.15) is 49.9 Å². The van der Waals surface area contributed by atoms with Crippen LogP contribution in [0.15, 0.2) is 30.3 Å². The van der Waals surface area contributed by atoms with E-state index in [9.17, 15) is 9.59 Å². The molecule has 2 amide bonds. The maximum absolute atomic E-state index is 12.3. The first kappa shape index (κ1) is 20.0. The van der Waals surface area contributed by atoms with Gasteiger partial charge < -0.3 is 10.6 Å². The van der Waals surface area contributed by atoms with Crippen LogP contribution in [-0.4, -0.2) is 47.9 Å². The number of nitrogens with zero attached hydrogens (tertiary/aromatic N) is 1. The van der Waals surface area contributed by atoms with Crippen molar-refractivity contribution in [2.75, 3.05) is 19.6 Å². The lowest BCUT2D eigenvalue weighted by Gasteiger charge is -2.33. The zero-order valence-corrected chi connectivity index (χ0v) is 15.8. The molecule has 26 heavy (non-hydrogen) atoms. The van der Waals surface area contributed by atoms with Crippen molar-refractivity contribution in [2.24, 2.45) is 0 Å². The van der Waals surface area contributed by atoms with Gasteiger partial charge in [-0.05, 0) is 37.8 Å². The van der Waals surface area contributed by atoms with Crippen molar-refractivity contribution in [3.8, 4) is 12.3 Å². The first-order valence-corrected chi connectivity index (χ1v) is 9.39. The fourth-order valence-electron chi connectivity index (χ4n) is 3.27. The van der Waals surface area contributed by atoms with Gasteiger partial charge in [-0.1, -0.05) is 38.0 Å². The summed E-state index contributed by atoms with van der Waals surface area (Å²) in [7, 11) is 0. The number of nitrogens with one attached hydrogen (secondary N) is 2. The number of rotatable bonds is 7. The van der Waals surface area contributed by atoms with Gasteiger partial charge in [0.25, 0.3) is 5.91 Å². The zero-order chi connectivity index (χ0) is 19.0. The van der Waals surface area contributed by atoms with E-state index in [-0.39, 0.29) is 17.9 Å². The predicted molar refractivity (Wildman–Crippen MR) is 104 cm³/mol. The molecule has 5 nitrogen and oxygen atoms in total. The van der Waals surface area contributed by atoms with Gasteiger partial charge in [-0.15, -0.1) is 6.42 Å². The second-order valence-electron chi connectivity index (χ2n) is 6.87. The number of benzene rings is 1. The lowest BCUT2D eigenvalue weighted by Crippen LogP contribution is -2.52. The van der Waals surface area contributed by atoms with Crippen LogP contribution in [0.5, 0.6) is 0 Å². The molecule has 140 valence electrons. The average molecular weight is 355 g/mol. The summed E-state index contributed by atoms with van der Waals surface area (Å²) in [6, 6.07) is 9.39. The fourth-order valence-corrected chi connectivity index (χ4v) is 3.27. The normalized spacial score (nSPS) is 15.9. The third-order valence-electron chi connectivity index (χ3n) is 5.19. The molecule has 1 aromatic carbocycles. The Labute approximate surface area is 156 Å². The van der Waals surface area contributed by atoms with Gasteiger partial charge in [-0.25, -0.2) is 0 Å². The molecule has 0 unspecified atom stereocenters. The van der Waals surface area contributed by atoms with Crippen LogP contribution in [0.4, 0.5) is 0 Å². The summed E-state index contributed by atoms with van der Waals surface area (Å²) in [5.41, 5.74) is 0.137. The number of hydrogen-bond acceptors (Lipinski definition) is 3. The zero-order valence-electron chi connectivity index (χ0n) is 15.8. The monoisotopic (exact) mass is 355 g/mol. The molecule has 0 atom stereocenters. The van der Waals surface area contributed by atoms with Crippen LogP contribution in [0.25, 0.3) is 0 Å². The first-order chi connectivity index (χ1) is 12.5. The third-order valence-corrected chi connectivity index (χ3v) is 5.19. The summed E-state index contributed by atoms with van der Waals surface area (Å²) >= 11 is 0. The van der Waals surface area contributed by atoms with Gasteiger partial charge >= 0.3 is 0 Å². The van der Waals surface area contributed by atoms with E-state index >= 15 is 0 Å². The SMILES string of the molecule is C#CC(CC)(CC)NC(=O)CN1CCC(NC(=O)c2ccccc2)CC1. The van der Waals surface area contributed by atoms with Crippen LogP contribution in [-0.2, 0) is 4.79 Å². The van der Waals surface area contributed by atoms with Crippen LogP contribution in [0.3, 0.4) is 0 Å². The first-order valence-electron chi connectivity index (χ1n) is 9.39. The van der Waals surface area contributed by atoms with E-state index < -0.39 is 5.54 Å². The summed E-state index contributed by atoms with van der Waals surface area (Å²) in [5.74, 6) is 2.66.